The van der Waals surface area contributed by atoms with Crippen LogP contribution >= 0.6 is 16.9 Å². The van der Waals surface area contributed by atoms with E-state index in [0.29, 0.717) is 0 Å². The molecular weight excluding hydrogens is 480 g/mol. The second kappa shape index (κ2) is 12.9. The molecule has 178 valence electrons. The Kier molecular flexibility index (Phi) is 9.71. The Bertz CT molecular complexity index is 1020. The molecule has 1 aliphatic heterocycles. The molecule has 2 N–H and O–H groups in total. The van der Waals surface area contributed by atoms with Gasteiger partial charge in [-0.2, -0.15) is 0 Å². The number of ether oxygens (including phenoxy) is 3. The van der Waals surface area contributed by atoms with Gasteiger partial charge >= 0.3 is 5.97 Å². The van der Waals surface area contributed by atoms with Crippen molar-refractivity contribution in [3.8, 4) is 0 Å². The van der Waals surface area contributed by atoms with Gasteiger partial charge in [-0.1, -0.05) is 60.7 Å². The predicted molar refractivity (Wildman–Crippen MR) is 122 cm³/mol. The minimum absolute atomic E-state index is 0.0283. The fourth-order valence-corrected chi connectivity index (χ4v) is 3.74. The highest BCUT2D eigenvalue weighted by Gasteiger charge is 2.42. The van der Waals surface area contributed by atoms with Crippen LogP contribution in [0.5, 0.6) is 0 Å². The molecule has 0 spiro atoms. The Morgan fingerprint density at radius 2 is 1.53 bits per heavy atom. The van der Waals surface area contributed by atoms with Gasteiger partial charge in [0.05, 0.1) is 6.42 Å². The topological polar surface area (TPSA) is 128 Å². The van der Waals surface area contributed by atoms with Crippen LogP contribution in [0.25, 0.3) is 0 Å². The zero-order valence-corrected chi connectivity index (χ0v) is 19.8. The number of carbonyl (C=O) groups is 2. The first-order chi connectivity index (χ1) is 16.5. The second-order valence-electron chi connectivity index (χ2n) is 7.33. The lowest BCUT2D eigenvalue weighted by molar-refractivity contribution is -0.147. The van der Waals surface area contributed by atoms with E-state index in [1.54, 1.807) is 0 Å². The molecule has 2 aromatic rings. The maximum absolute atomic E-state index is 12.5. The number of aliphatic hydroxyl groups excluding tert-OH is 1. The molecule has 1 aliphatic rings. The summed E-state index contributed by atoms with van der Waals surface area (Å²) in [6.45, 7) is -0.0835. The highest BCUT2D eigenvalue weighted by molar-refractivity contribution is 7.44. The fraction of sp³-hybridized carbons (Fsp3) is 0.304. The van der Waals surface area contributed by atoms with Crippen molar-refractivity contribution in [2.45, 2.75) is 37.2 Å². The van der Waals surface area contributed by atoms with Crippen molar-refractivity contribution < 1.29 is 38.0 Å². The van der Waals surface area contributed by atoms with Crippen LogP contribution < -0.4 is 5.32 Å². The Balaban J connectivity index is 1.71. The van der Waals surface area contributed by atoms with Crippen molar-refractivity contribution in [1.29, 1.82) is 0 Å². The number of esters is 1. The van der Waals surface area contributed by atoms with E-state index in [1.807, 2.05) is 60.7 Å². The maximum Gasteiger partial charge on any atom is 0.378 e. The molecule has 0 radical (unpaired) electrons. The minimum Gasteiger partial charge on any atom is -0.485 e. The molecule has 0 saturated heterocycles. The van der Waals surface area contributed by atoms with Crippen LogP contribution in [-0.4, -0.2) is 41.1 Å². The summed E-state index contributed by atoms with van der Waals surface area (Å²) >= 11 is 0. The monoisotopic (exact) mass is 503 g/mol. The summed E-state index contributed by atoms with van der Waals surface area (Å²) < 4.78 is 38.6. The van der Waals surface area contributed by atoms with Crippen LogP contribution in [0.15, 0.2) is 72.2 Å². The summed E-state index contributed by atoms with van der Waals surface area (Å²) in [5.41, 5.74) is 1.66. The molecule has 1 heterocycles. The highest BCUT2D eigenvalue weighted by Crippen LogP contribution is 2.29. The van der Waals surface area contributed by atoms with Crippen molar-refractivity contribution in [3.05, 3.63) is 83.3 Å². The molecule has 9 nitrogen and oxygen atoms in total. The molecule has 3 rings (SSSR count). The van der Waals surface area contributed by atoms with E-state index in [2.05, 4.69) is 5.32 Å². The molecule has 34 heavy (non-hydrogen) atoms. The fourth-order valence-electron chi connectivity index (χ4n) is 3.11. The summed E-state index contributed by atoms with van der Waals surface area (Å²) in [5.74, 6) is -1.47. The molecular formula is C23H23NO8P2. The molecule has 0 saturated carbocycles. The van der Waals surface area contributed by atoms with E-state index in [1.165, 1.54) is 0 Å². The van der Waals surface area contributed by atoms with Gasteiger partial charge in [-0.25, -0.2) is 4.79 Å². The van der Waals surface area contributed by atoms with Gasteiger partial charge in [-0.15, -0.1) is 0 Å². The van der Waals surface area contributed by atoms with Crippen LogP contribution in [0.4, 0.5) is 0 Å². The molecule has 0 aliphatic carbocycles. The van der Waals surface area contributed by atoms with Crippen molar-refractivity contribution in [3.63, 3.8) is 0 Å². The minimum atomic E-state index is -1.34. The van der Waals surface area contributed by atoms with Gasteiger partial charge in [0.15, 0.2) is 28.8 Å². The molecule has 2 aromatic carbocycles. The molecule has 11 heteroatoms. The number of amides is 1. The first kappa shape index (κ1) is 25.5. The van der Waals surface area contributed by atoms with Crippen LogP contribution in [0.3, 0.4) is 0 Å². The highest BCUT2D eigenvalue weighted by atomic mass is 31.1. The lowest BCUT2D eigenvalue weighted by Crippen LogP contribution is -2.40. The SMILES string of the molecule is O=PC(CC(=O)NCC(O)C1OC(=O)C(OCc2ccccc2)=C1OCc1ccccc1)P=O. The maximum atomic E-state index is 12.5. The third-order valence-electron chi connectivity index (χ3n) is 4.83. The summed E-state index contributed by atoms with van der Waals surface area (Å²) in [4.78, 5) is 24.5. The third kappa shape index (κ3) is 7.19. The van der Waals surface area contributed by atoms with Crippen LogP contribution in [0.1, 0.15) is 17.5 Å². The predicted octanol–water partition coefficient (Wildman–Crippen LogP) is 3.33. The average molecular weight is 503 g/mol. The van der Waals surface area contributed by atoms with Crippen LogP contribution in [-0.2, 0) is 46.1 Å². The largest absolute Gasteiger partial charge is 0.485 e. The Hall–Kier alpha value is -3.12. The van der Waals surface area contributed by atoms with Gasteiger partial charge in [0.25, 0.3) is 0 Å². The lowest BCUT2D eigenvalue weighted by atomic mass is 10.1. The van der Waals surface area contributed by atoms with Gasteiger partial charge in [-0.3, -0.25) is 13.9 Å². The average Bonchev–Trinajstić information content (AvgIpc) is 3.19. The third-order valence-corrected chi connectivity index (χ3v) is 6.25. The van der Waals surface area contributed by atoms with E-state index < -0.39 is 46.4 Å². The molecule has 0 aromatic heterocycles. The Morgan fingerprint density at radius 1 is 0.971 bits per heavy atom. The first-order valence-electron chi connectivity index (χ1n) is 10.4. The molecule has 1 amide bonds. The van der Waals surface area contributed by atoms with Crippen molar-refractivity contribution in [2.24, 2.45) is 0 Å². The van der Waals surface area contributed by atoms with Gasteiger partial charge in [0, 0.05) is 6.54 Å². The van der Waals surface area contributed by atoms with Gasteiger partial charge < -0.3 is 24.6 Å². The summed E-state index contributed by atoms with van der Waals surface area (Å²) in [7, 11) is -0.847. The van der Waals surface area contributed by atoms with Crippen molar-refractivity contribution in [1.82, 2.24) is 5.32 Å². The molecule has 0 bridgehead atoms. The zero-order valence-electron chi connectivity index (χ0n) is 18.0. The summed E-state index contributed by atoms with van der Waals surface area (Å²) in [6.07, 6.45) is -2.80. The van der Waals surface area contributed by atoms with Crippen LogP contribution in [0, 0.1) is 0 Å². The van der Waals surface area contributed by atoms with Gasteiger partial charge in [0.1, 0.15) is 24.7 Å². The molecule has 2 unspecified atom stereocenters. The number of hydrogen-bond acceptors (Lipinski definition) is 8. The normalized spacial score (nSPS) is 17.3. The Labute approximate surface area is 199 Å². The van der Waals surface area contributed by atoms with E-state index in [9.17, 15) is 23.8 Å². The number of carbonyl (C=O) groups excluding carboxylic acids is 2. The molecule has 2 atom stereocenters. The summed E-state index contributed by atoms with van der Waals surface area (Å²) in [6, 6.07) is 18.4. The van der Waals surface area contributed by atoms with Gasteiger partial charge in [0.2, 0.25) is 11.7 Å². The van der Waals surface area contributed by atoms with Crippen molar-refractivity contribution >= 4 is 28.8 Å². The van der Waals surface area contributed by atoms with E-state index in [4.69, 9.17) is 14.2 Å². The number of rotatable bonds is 13. The smallest absolute Gasteiger partial charge is 0.378 e. The quantitative estimate of drug-likeness (QED) is 0.315. The van der Waals surface area contributed by atoms with Gasteiger partial charge in [-0.05, 0) is 11.1 Å². The first-order valence-corrected chi connectivity index (χ1v) is 12.2. The molecule has 0 fully saturated rings. The Morgan fingerprint density at radius 3 is 2.09 bits per heavy atom. The van der Waals surface area contributed by atoms with Crippen molar-refractivity contribution in [2.75, 3.05) is 6.54 Å². The lowest BCUT2D eigenvalue weighted by Gasteiger charge is -2.21. The number of nitrogens with one attached hydrogen (secondary N) is 1. The van der Waals surface area contributed by atoms with E-state index in [0.717, 1.165) is 11.1 Å². The number of benzene rings is 2. The van der Waals surface area contributed by atoms with E-state index >= 15 is 0 Å². The van der Waals surface area contributed by atoms with Crippen LogP contribution in [0.2, 0.25) is 0 Å². The number of hydrogen-bond donors (Lipinski definition) is 2. The number of cyclic esters (lactones) is 1. The second-order valence-corrected chi connectivity index (χ2v) is 9.41. The number of aliphatic hydroxyl groups is 1. The summed E-state index contributed by atoms with van der Waals surface area (Å²) in [5, 5.41) is 12.2. The van der Waals surface area contributed by atoms with E-state index in [-0.39, 0.29) is 37.7 Å². The standard InChI is InChI=1S/C23H23NO8P2/c25-17(12-24-18(26)11-19(33-28)34-29)20-21(30-13-15-7-3-1-4-8-15)22(23(27)32-20)31-14-16-9-5-2-6-10-16/h1-10,17,19-20,25H,11-14H2,(H,24,26). The zero-order chi connectivity index (χ0) is 24.3.